The van der Waals surface area contributed by atoms with Crippen molar-refractivity contribution in [3.63, 3.8) is 0 Å². The molecule has 20 heavy (non-hydrogen) atoms. The molecule has 0 aliphatic rings. The van der Waals surface area contributed by atoms with Crippen molar-refractivity contribution >= 4 is 11.9 Å². The fourth-order valence-corrected chi connectivity index (χ4v) is 2.28. The molecule has 0 amide bonds. The maximum Gasteiger partial charge on any atom is 0.309 e. The van der Waals surface area contributed by atoms with Crippen LogP contribution in [0.25, 0.3) is 0 Å². The van der Waals surface area contributed by atoms with Gasteiger partial charge in [0.05, 0.1) is 26.6 Å². The van der Waals surface area contributed by atoms with Gasteiger partial charge in [0.1, 0.15) is 0 Å². The van der Waals surface area contributed by atoms with Crippen LogP contribution in [-0.2, 0) is 19.1 Å². The Hall–Kier alpha value is -1.06. The van der Waals surface area contributed by atoms with Gasteiger partial charge >= 0.3 is 11.9 Å². The van der Waals surface area contributed by atoms with Gasteiger partial charge in [0.15, 0.2) is 0 Å². The molecule has 0 aromatic heterocycles. The maximum absolute atomic E-state index is 11.6. The van der Waals surface area contributed by atoms with Crippen LogP contribution in [-0.4, -0.2) is 26.2 Å². The third kappa shape index (κ3) is 9.82. The number of carbonyl (C=O) groups excluding carboxylic acids is 2. The van der Waals surface area contributed by atoms with E-state index in [1.54, 1.807) is 0 Å². The van der Waals surface area contributed by atoms with E-state index in [0.29, 0.717) is 6.42 Å². The van der Waals surface area contributed by atoms with E-state index >= 15 is 0 Å². The summed E-state index contributed by atoms with van der Waals surface area (Å²) in [6.07, 6.45) is 10.6. The summed E-state index contributed by atoms with van der Waals surface area (Å²) in [5.41, 5.74) is 0. The van der Waals surface area contributed by atoms with Crippen molar-refractivity contribution in [1.82, 2.24) is 0 Å². The number of rotatable bonds is 12. The van der Waals surface area contributed by atoms with Crippen LogP contribution in [0.4, 0.5) is 0 Å². The predicted molar refractivity (Wildman–Crippen MR) is 79.4 cm³/mol. The van der Waals surface area contributed by atoms with Crippen molar-refractivity contribution in [2.24, 2.45) is 5.92 Å². The molecule has 0 aliphatic heterocycles. The SMILES string of the molecule is CCCCCCCCCCC(CC(=O)OC)C(=O)OC. The van der Waals surface area contributed by atoms with Crippen molar-refractivity contribution in [1.29, 1.82) is 0 Å². The molecule has 1 unspecified atom stereocenters. The molecule has 0 saturated carbocycles. The highest BCUT2D eigenvalue weighted by Gasteiger charge is 2.22. The molecule has 118 valence electrons. The van der Waals surface area contributed by atoms with Crippen LogP contribution in [0.5, 0.6) is 0 Å². The van der Waals surface area contributed by atoms with E-state index in [1.165, 1.54) is 52.7 Å². The highest BCUT2D eigenvalue weighted by Crippen LogP contribution is 2.17. The van der Waals surface area contributed by atoms with Gasteiger partial charge < -0.3 is 9.47 Å². The fraction of sp³-hybridized carbons (Fsp3) is 0.875. The van der Waals surface area contributed by atoms with E-state index in [4.69, 9.17) is 4.74 Å². The first kappa shape index (κ1) is 18.9. The summed E-state index contributed by atoms with van der Waals surface area (Å²) in [7, 11) is 2.70. The van der Waals surface area contributed by atoms with Crippen LogP contribution in [0.3, 0.4) is 0 Å². The van der Waals surface area contributed by atoms with Crippen molar-refractivity contribution in [3.05, 3.63) is 0 Å². The number of carbonyl (C=O) groups is 2. The molecule has 0 aromatic carbocycles. The van der Waals surface area contributed by atoms with Crippen molar-refractivity contribution in [3.8, 4) is 0 Å². The molecule has 0 aromatic rings. The number of methoxy groups -OCH3 is 2. The van der Waals surface area contributed by atoms with Crippen molar-refractivity contribution < 1.29 is 19.1 Å². The van der Waals surface area contributed by atoms with Gasteiger partial charge in [0, 0.05) is 0 Å². The molecular formula is C16H30O4. The molecular weight excluding hydrogens is 256 g/mol. The number of hydrogen-bond donors (Lipinski definition) is 0. The maximum atomic E-state index is 11.6. The Morgan fingerprint density at radius 3 is 1.90 bits per heavy atom. The van der Waals surface area contributed by atoms with Crippen LogP contribution in [0.15, 0.2) is 0 Å². The molecule has 0 spiro atoms. The first-order valence-electron chi connectivity index (χ1n) is 7.80. The highest BCUT2D eigenvalue weighted by molar-refractivity contribution is 5.79. The Kier molecular flexibility index (Phi) is 12.3. The Morgan fingerprint density at radius 2 is 1.40 bits per heavy atom. The topological polar surface area (TPSA) is 52.6 Å². The first-order chi connectivity index (χ1) is 9.65. The lowest BCUT2D eigenvalue weighted by Gasteiger charge is -2.13. The van der Waals surface area contributed by atoms with E-state index in [2.05, 4.69) is 11.7 Å². The normalized spacial score (nSPS) is 11.9. The first-order valence-corrected chi connectivity index (χ1v) is 7.80. The standard InChI is InChI=1S/C16H30O4/c1-4-5-6-7-8-9-10-11-12-14(16(18)20-3)13-15(17)19-2/h14H,4-13H2,1-3H3. The fourth-order valence-electron chi connectivity index (χ4n) is 2.28. The number of ether oxygens (including phenoxy) is 2. The minimum Gasteiger partial charge on any atom is -0.469 e. The summed E-state index contributed by atoms with van der Waals surface area (Å²) in [6, 6.07) is 0. The van der Waals surface area contributed by atoms with Gasteiger partial charge in [-0.1, -0.05) is 58.3 Å². The van der Waals surface area contributed by atoms with E-state index in [9.17, 15) is 9.59 Å². The van der Waals surface area contributed by atoms with Crippen LogP contribution < -0.4 is 0 Å². The Labute approximate surface area is 123 Å². The summed E-state index contributed by atoms with van der Waals surface area (Å²) in [5, 5.41) is 0. The zero-order valence-corrected chi connectivity index (χ0v) is 13.3. The van der Waals surface area contributed by atoms with E-state index < -0.39 is 0 Å². The summed E-state index contributed by atoms with van der Waals surface area (Å²) in [5.74, 6) is -1.01. The average molecular weight is 286 g/mol. The Bertz CT molecular complexity index is 263. The van der Waals surface area contributed by atoms with Gasteiger partial charge in [-0.15, -0.1) is 0 Å². The van der Waals surface area contributed by atoms with Crippen molar-refractivity contribution in [2.75, 3.05) is 14.2 Å². The molecule has 0 radical (unpaired) electrons. The van der Waals surface area contributed by atoms with Gasteiger partial charge in [0.2, 0.25) is 0 Å². The zero-order valence-electron chi connectivity index (χ0n) is 13.3. The van der Waals surface area contributed by atoms with E-state index in [1.807, 2.05) is 0 Å². The zero-order chi connectivity index (χ0) is 15.2. The van der Waals surface area contributed by atoms with E-state index in [0.717, 1.165) is 12.8 Å². The van der Waals surface area contributed by atoms with Crippen LogP contribution in [0.2, 0.25) is 0 Å². The quantitative estimate of drug-likeness (QED) is 0.404. The molecule has 0 heterocycles. The Morgan fingerprint density at radius 1 is 0.850 bits per heavy atom. The van der Waals surface area contributed by atoms with Crippen molar-refractivity contribution in [2.45, 2.75) is 71.1 Å². The average Bonchev–Trinajstić information content (AvgIpc) is 2.47. The number of unbranched alkanes of at least 4 members (excludes halogenated alkanes) is 7. The number of hydrogen-bond acceptors (Lipinski definition) is 4. The van der Waals surface area contributed by atoms with Crippen LogP contribution in [0.1, 0.15) is 71.1 Å². The largest absolute Gasteiger partial charge is 0.469 e. The van der Waals surface area contributed by atoms with Gasteiger partial charge in [0.25, 0.3) is 0 Å². The summed E-state index contributed by atoms with van der Waals surface area (Å²) >= 11 is 0. The van der Waals surface area contributed by atoms with Gasteiger partial charge in [-0.3, -0.25) is 9.59 Å². The molecule has 1 atom stereocenters. The molecule has 0 aliphatic carbocycles. The minimum absolute atomic E-state index is 0.125. The summed E-state index contributed by atoms with van der Waals surface area (Å²) in [6.45, 7) is 2.22. The van der Waals surface area contributed by atoms with Crippen LogP contribution >= 0.6 is 0 Å². The highest BCUT2D eigenvalue weighted by atomic mass is 16.5. The van der Waals surface area contributed by atoms with Gasteiger partial charge in [-0.25, -0.2) is 0 Å². The molecule has 4 heteroatoms. The third-order valence-electron chi connectivity index (χ3n) is 3.58. The second-order valence-electron chi connectivity index (χ2n) is 5.26. The van der Waals surface area contributed by atoms with Gasteiger partial charge in [-0.05, 0) is 6.42 Å². The molecule has 0 N–H and O–H groups in total. The molecule has 0 bridgehead atoms. The lowest BCUT2D eigenvalue weighted by molar-refractivity contribution is -0.152. The lowest BCUT2D eigenvalue weighted by Crippen LogP contribution is -2.20. The lowest BCUT2D eigenvalue weighted by atomic mass is 9.97. The third-order valence-corrected chi connectivity index (χ3v) is 3.58. The molecule has 0 fully saturated rings. The Balaban J connectivity index is 3.74. The summed E-state index contributed by atoms with van der Waals surface area (Å²) in [4.78, 5) is 22.8. The minimum atomic E-state index is -0.354. The second kappa shape index (κ2) is 12.9. The smallest absolute Gasteiger partial charge is 0.309 e. The van der Waals surface area contributed by atoms with Crippen LogP contribution in [0, 0.1) is 5.92 Å². The molecule has 4 nitrogen and oxygen atoms in total. The second-order valence-corrected chi connectivity index (χ2v) is 5.26. The molecule has 0 rings (SSSR count). The van der Waals surface area contributed by atoms with Gasteiger partial charge in [-0.2, -0.15) is 0 Å². The van der Waals surface area contributed by atoms with E-state index in [-0.39, 0.29) is 24.3 Å². The molecule has 0 saturated heterocycles. The number of esters is 2. The summed E-state index contributed by atoms with van der Waals surface area (Å²) < 4.78 is 9.34. The predicted octanol–water partition coefficient (Wildman–Crippen LogP) is 3.87. The monoisotopic (exact) mass is 286 g/mol.